The Labute approximate surface area is 206 Å². The Balaban J connectivity index is 0.000000351. The van der Waals surface area contributed by atoms with E-state index in [4.69, 9.17) is 20.5 Å². The maximum absolute atomic E-state index is 11.6. The van der Waals surface area contributed by atoms with E-state index >= 15 is 0 Å². The zero-order valence-corrected chi connectivity index (χ0v) is 21.0. The molecule has 0 radical (unpaired) electrons. The number of carbonyl (C=O) groups is 3. The van der Waals surface area contributed by atoms with Crippen molar-refractivity contribution in [1.82, 2.24) is 10.6 Å². The molecule has 2 atom stereocenters. The largest absolute Gasteiger partial charge is 0.444 e. The van der Waals surface area contributed by atoms with Crippen molar-refractivity contribution in [1.29, 1.82) is 5.26 Å². The van der Waals surface area contributed by atoms with Crippen molar-refractivity contribution in [2.45, 2.75) is 64.8 Å². The van der Waals surface area contributed by atoms with Gasteiger partial charge in [0.05, 0.1) is 6.07 Å². The fraction of sp³-hybridized carbons (Fsp3) is 0.385. The second-order valence-corrected chi connectivity index (χ2v) is 9.51. The number of hydrogen-bond acceptors (Lipinski definition) is 6. The van der Waals surface area contributed by atoms with Gasteiger partial charge in [0, 0.05) is 0 Å². The first-order valence-corrected chi connectivity index (χ1v) is 11.0. The monoisotopic (exact) mass is 482 g/mol. The third kappa shape index (κ3) is 12.1. The minimum Gasteiger partial charge on any atom is -0.444 e. The first-order valence-electron chi connectivity index (χ1n) is 11.0. The highest BCUT2D eigenvalue weighted by molar-refractivity contribution is 5.85. The SMILES string of the molecule is CC(C)(C)OC(=O)NC(C#N)c1ccccc1.CC(C)(C)OC(=O)NC(C(N)=O)c1ccccc1. The lowest BCUT2D eigenvalue weighted by Gasteiger charge is -2.22. The molecule has 188 valence electrons. The van der Waals surface area contributed by atoms with Crippen LogP contribution < -0.4 is 16.4 Å². The van der Waals surface area contributed by atoms with Crippen LogP contribution >= 0.6 is 0 Å². The molecule has 9 heteroatoms. The molecule has 0 spiro atoms. The maximum Gasteiger partial charge on any atom is 0.408 e. The minimum atomic E-state index is -0.888. The van der Waals surface area contributed by atoms with Gasteiger partial charge in [-0.05, 0) is 52.7 Å². The van der Waals surface area contributed by atoms with Crippen LogP contribution in [0.1, 0.15) is 64.8 Å². The van der Waals surface area contributed by atoms with E-state index in [1.54, 1.807) is 77.9 Å². The lowest BCUT2D eigenvalue weighted by molar-refractivity contribution is -0.120. The van der Waals surface area contributed by atoms with Gasteiger partial charge in [0.1, 0.15) is 23.3 Å². The number of nitrogens with one attached hydrogen (secondary N) is 2. The Kier molecular flexibility index (Phi) is 10.8. The number of alkyl carbamates (subject to hydrolysis) is 2. The third-order valence-corrected chi connectivity index (χ3v) is 4.00. The van der Waals surface area contributed by atoms with Gasteiger partial charge in [-0.15, -0.1) is 0 Å². The average Bonchev–Trinajstić information content (AvgIpc) is 2.75. The van der Waals surface area contributed by atoms with E-state index in [0.29, 0.717) is 5.56 Å². The van der Waals surface area contributed by atoms with Gasteiger partial charge in [0.15, 0.2) is 0 Å². The van der Waals surface area contributed by atoms with Crippen LogP contribution in [0.4, 0.5) is 9.59 Å². The molecule has 2 aromatic rings. The van der Waals surface area contributed by atoms with Crippen LogP contribution in [0.25, 0.3) is 0 Å². The van der Waals surface area contributed by atoms with Gasteiger partial charge in [-0.2, -0.15) is 5.26 Å². The molecule has 3 amide bonds. The minimum absolute atomic E-state index is 0.569. The van der Waals surface area contributed by atoms with Crippen molar-refractivity contribution in [3.63, 3.8) is 0 Å². The Morgan fingerprint density at radius 3 is 1.54 bits per heavy atom. The highest BCUT2D eigenvalue weighted by Gasteiger charge is 2.24. The van der Waals surface area contributed by atoms with Crippen molar-refractivity contribution in [2.75, 3.05) is 0 Å². The van der Waals surface area contributed by atoms with Crippen LogP contribution in [0.15, 0.2) is 60.7 Å². The number of benzene rings is 2. The van der Waals surface area contributed by atoms with E-state index in [0.717, 1.165) is 5.56 Å². The Morgan fingerprint density at radius 2 is 1.17 bits per heavy atom. The first kappa shape index (κ1) is 29.0. The van der Waals surface area contributed by atoms with Gasteiger partial charge in [0.25, 0.3) is 0 Å². The Bertz CT molecular complexity index is 1010. The molecule has 2 unspecified atom stereocenters. The lowest BCUT2D eigenvalue weighted by atomic mass is 10.1. The van der Waals surface area contributed by atoms with Crippen LogP contribution in [-0.4, -0.2) is 29.3 Å². The molecule has 0 aliphatic heterocycles. The van der Waals surface area contributed by atoms with Crippen LogP contribution in [0.3, 0.4) is 0 Å². The normalized spacial score (nSPS) is 12.5. The number of amides is 3. The fourth-order valence-corrected chi connectivity index (χ4v) is 2.65. The van der Waals surface area contributed by atoms with Gasteiger partial charge in [0.2, 0.25) is 5.91 Å². The number of nitrogens with two attached hydrogens (primary N) is 1. The van der Waals surface area contributed by atoms with Crippen molar-refractivity contribution in [3.05, 3.63) is 71.8 Å². The maximum atomic E-state index is 11.6. The molecule has 0 aromatic heterocycles. The second-order valence-electron chi connectivity index (χ2n) is 9.51. The Hall–Kier alpha value is -4.06. The Morgan fingerprint density at radius 1 is 0.771 bits per heavy atom. The summed E-state index contributed by atoms with van der Waals surface area (Å²) in [6, 6.07) is 18.3. The number of hydrogen-bond donors (Lipinski definition) is 3. The summed E-state index contributed by atoms with van der Waals surface area (Å²) in [6.45, 7) is 10.6. The molecule has 0 heterocycles. The molecule has 0 aliphatic rings. The summed E-state index contributed by atoms with van der Waals surface area (Å²) < 4.78 is 10.2. The number of ether oxygens (including phenoxy) is 2. The highest BCUT2D eigenvalue weighted by Crippen LogP contribution is 2.15. The van der Waals surface area contributed by atoms with Gasteiger partial charge in [-0.25, -0.2) is 9.59 Å². The van der Waals surface area contributed by atoms with E-state index < -0.39 is 41.4 Å². The van der Waals surface area contributed by atoms with Crippen LogP contribution in [0.5, 0.6) is 0 Å². The lowest BCUT2D eigenvalue weighted by Crippen LogP contribution is -2.40. The van der Waals surface area contributed by atoms with Crippen molar-refractivity contribution >= 4 is 18.1 Å². The van der Waals surface area contributed by atoms with Crippen LogP contribution in [0.2, 0.25) is 0 Å². The summed E-state index contributed by atoms with van der Waals surface area (Å²) >= 11 is 0. The van der Waals surface area contributed by atoms with Gasteiger partial charge >= 0.3 is 12.2 Å². The first-order chi connectivity index (χ1) is 16.2. The van der Waals surface area contributed by atoms with E-state index in [1.807, 2.05) is 30.3 Å². The van der Waals surface area contributed by atoms with Crippen molar-refractivity contribution in [3.8, 4) is 6.07 Å². The molecule has 35 heavy (non-hydrogen) atoms. The summed E-state index contributed by atoms with van der Waals surface area (Å²) in [6.07, 6.45) is -1.26. The molecule has 4 N–H and O–H groups in total. The van der Waals surface area contributed by atoms with Gasteiger partial charge < -0.3 is 25.8 Å². The van der Waals surface area contributed by atoms with Crippen LogP contribution in [-0.2, 0) is 14.3 Å². The van der Waals surface area contributed by atoms with E-state index in [-0.39, 0.29) is 0 Å². The van der Waals surface area contributed by atoms with E-state index in [9.17, 15) is 14.4 Å². The predicted octanol–water partition coefficient (Wildman–Crippen LogP) is 4.51. The molecule has 0 aliphatic carbocycles. The predicted molar refractivity (Wildman–Crippen MR) is 132 cm³/mol. The summed E-state index contributed by atoms with van der Waals surface area (Å²) in [5.74, 6) is -0.632. The van der Waals surface area contributed by atoms with Crippen LogP contribution in [0, 0.1) is 11.3 Å². The van der Waals surface area contributed by atoms with Gasteiger partial charge in [-0.1, -0.05) is 60.7 Å². The summed E-state index contributed by atoms with van der Waals surface area (Å²) in [4.78, 5) is 34.5. The van der Waals surface area contributed by atoms with E-state index in [2.05, 4.69) is 10.6 Å². The number of carbonyl (C=O) groups excluding carboxylic acids is 3. The molecule has 0 saturated heterocycles. The summed E-state index contributed by atoms with van der Waals surface area (Å²) in [7, 11) is 0. The number of nitriles is 1. The topological polar surface area (TPSA) is 144 Å². The zero-order valence-electron chi connectivity index (χ0n) is 21.0. The van der Waals surface area contributed by atoms with Crippen molar-refractivity contribution in [2.24, 2.45) is 5.73 Å². The number of rotatable bonds is 5. The molecular formula is C26H34N4O5. The molecule has 9 nitrogen and oxygen atoms in total. The van der Waals surface area contributed by atoms with E-state index in [1.165, 1.54) is 0 Å². The molecule has 0 saturated carbocycles. The molecule has 0 fully saturated rings. The quantitative estimate of drug-likeness (QED) is 0.572. The second kappa shape index (κ2) is 13.0. The molecular weight excluding hydrogens is 448 g/mol. The zero-order chi connectivity index (χ0) is 26.6. The third-order valence-electron chi connectivity index (χ3n) is 4.00. The van der Waals surface area contributed by atoms with Gasteiger partial charge in [-0.3, -0.25) is 4.79 Å². The summed E-state index contributed by atoms with van der Waals surface area (Å²) in [5, 5.41) is 14.0. The number of primary amides is 1. The molecule has 2 aromatic carbocycles. The number of nitrogens with zero attached hydrogens (tertiary/aromatic N) is 1. The molecule has 2 rings (SSSR count). The fourth-order valence-electron chi connectivity index (χ4n) is 2.65. The smallest absolute Gasteiger partial charge is 0.408 e. The molecule has 0 bridgehead atoms. The highest BCUT2D eigenvalue weighted by atomic mass is 16.6. The van der Waals surface area contributed by atoms with Crippen molar-refractivity contribution < 1.29 is 23.9 Å². The summed E-state index contributed by atoms with van der Waals surface area (Å²) in [5.41, 5.74) is 5.44. The average molecular weight is 483 g/mol. The standard InChI is InChI=1S/C13H18N2O3.C13H16N2O2/c1-13(2,3)18-12(17)15-10(11(14)16)9-7-5-4-6-8-9;1-13(2,3)17-12(16)15-11(9-14)10-7-5-4-6-8-10/h4-8,10H,1-3H3,(H2,14,16)(H,15,17);4-8,11H,1-3H3,(H,15,16).